The highest BCUT2D eigenvalue weighted by molar-refractivity contribution is 6.05. The van der Waals surface area contributed by atoms with E-state index in [1.54, 1.807) is 12.3 Å². The molecule has 6 nitrogen and oxygen atoms in total. The number of carbonyl (C=O) groups excluding carboxylic acids is 2. The van der Waals surface area contributed by atoms with E-state index in [9.17, 15) is 9.59 Å². The number of carbonyl (C=O) groups is 2. The van der Waals surface area contributed by atoms with Crippen molar-refractivity contribution >= 4 is 23.2 Å². The third kappa shape index (κ3) is 4.54. The van der Waals surface area contributed by atoms with Gasteiger partial charge >= 0.3 is 0 Å². The smallest absolute Gasteiger partial charge is 0.259 e. The van der Waals surface area contributed by atoms with Gasteiger partial charge in [0.15, 0.2) is 0 Å². The van der Waals surface area contributed by atoms with Gasteiger partial charge in [0.2, 0.25) is 5.91 Å². The van der Waals surface area contributed by atoms with Gasteiger partial charge in [-0.15, -0.1) is 0 Å². The Bertz CT molecular complexity index is 1050. The van der Waals surface area contributed by atoms with E-state index < -0.39 is 0 Å². The average molecular weight is 390 g/mol. The second-order valence-corrected chi connectivity index (χ2v) is 7.51. The summed E-state index contributed by atoms with van der Waals surface area (Å²) in [5, 5.41) is 10.2. The van der Waals surface area contributed by atoms with E-state index in [0.29, 0.717) is 16.9 Å². The molecule has 0 spiro atoms. The molecule has 29 heavy (non-hydrogen) atoms. The molecule has 0 aliphatic heterocycles. The zero-order valence-corrected chi connectivity index (χ0v) is 17.4. The topological polar surface area (TPSA) is 76.0 Å². The van der Waals surface area contributed by atoms with Crippen LogP contribution >= 0.6 is 0 Å². The van der Waals surface area contributed by atoms with Crippen molar-refractivity contribution in [1.82, 2.24) is 9.78 Å². The van der Waals surface area contributed by atoms with Gasteiger partial charge in [-0.2, -0.15) is 5.10 Å². The van der Waals surface area contributed by atoms with Crippen LogP contribution in [0.15, 0.2) is 48.7 Å². The quantitative estimate of drug-likeness (QED) is 0.655. The molecule has 150 valence electrons. The third-order valence-electron chi connectivity index (χ3n) is 4.68. The Hall–Kier alpha value is -3.41. The largest absolute Gasteiger partial charge is 0.326 e. The van der Waals surface area contributed by atoms with Crippen molar-refractivity contribution in [3.8, 4) is 5.69 Å². The van der Waals surface area contributed by atoms with Crippen molar-refractivity contribution < 1.29 is 9.59 Å². The van der Waals surface area contributed by atoms with Gasteiger partial charge in [0.1, 0.15) is 0 Å². The molecule has 0 saturated carbocycles. The minimum atomic E-state index is -0.232. The summed E-state index contributed by atoms with van der Waals surface area (Å²) in [7, 11) is 0. The Kier molecular flexibility index (Phi) is 5.82. The standard InChI is InChI=1S/C23H26N4O2/c1-14(2)22-20(13-24-27(22)19-10-6-15(3)7-11-19)23(29)26-18-9-8-16(4)21(12-18)25-17(5)28/h6-14H,1-5H3,(H,25,28)(H,26,29). The summed E-state index contributed by atoms with van der Waals surface area (Å²) in [4.78, 5) is 24.4. The average Bonchev–Trinajstić information content (AvgIpc) is 3.10. The van der Waals surface area contributed by atoms with Gasteiger partial charge in [0, 0.05) is 18.3 Å². The summed E-state index contributed by atoms with van der Waals surface area (Å²) in [5.41, 5.74) is 5.67. The van der Waals surface area contributed by atoms with Crippen LogP contribution in [-0.4, -0.2) is 21.6 Å². The lowest BCUT2D eigenvalue weighted by atomic mass is 10.0. The zero-order valence-electron chi connectivity index (χ0n) is 17.4. The van der Waals surface area contributed by atoms with E-state index in [4.69, 9.17) is 0 Å². The number of nitrogens with one attached hydrogen (secondary N) is 2. The van der Waals surface area contributed by atoms with E-state index in [1.807, 2.05) is 68.8 Å². The lowest BCUT2D eigenvalue weighted by Crippen LogP contribution is -2.16. The number of nitrogens with zero attached hydrogens (tertiary/aromatic N) is 2. The fourth-order valence-electron chi connectivity index (χ4n) is 3.20. The summed E-state index contributed by atoms with van der Waals surface area (Å²) >= 11 is 0. The predicted octanol–water partition coefficient (Wildman–Crippen LogP) is 4.82. The van der Waals surface area contributed by atoms with Crippen molar-refractivity contribution in [3.63, 3.8) is 0 Å². The number of anilines is 2. The van der Waals surface area contributed by atoms with Crippen molar-refractivity contribution in [3.05, 3.63) is 71.0 Å². The normalized spacial score (nSPS) is 10.8. The fourth-order valence-corrected chi connectivity index (χ4v) is 3.20. The number of benzene rings is 2. The van der Waals surface area contributed by atoms with Crippen molar-refractivity contribution in [2.24, 2.45) is 0 Å². The Labute approximate surface area is 170 Å². The molecule has 0 atom stereocenters. The predicted molar refractivity (Wildman–Crippen MR) is 116 cm³/mol. The van der Waals surface area contributed by atoms with E-state index in [0.717, 1.165) is 16.9 Å². The number of aromatic nitrogens is 2. The maximum Gasteiger partial charge on any atom is 0.259 e. The van der Waals surface area contributed by atoms with Gasteiger partial charge < -0.3 is 10.6 Å². The van der Waals surface area contributed by atoms with Crippen LogP contribution in [0.2, 0.25) is 0 Å². The molecule has 0 bridgehead atoms. The second kappa shape index (κ2) is 8.31. The minimum absolute atomic E-state index is 0.104. The number of rotatable bonds is 5. The van der Waals surface area contributed by atoms with Gasteiger partial charge in [-0.05, 0) is 49.6 Å². The molecule has 2 amide bonds. The zero-order chi connectivity index (χ0) is 21.1. The lowest BCUT2D eigenvalue weighted by Gasteiger charge is -2.14. The van der Waals surface area contributed by atoms with Crippen molar-refractivity contribution in [1.29, 1.82) is 0 Å². The number of amides is 2. The molecule has 0 saturated heterocycles. The summed E-state index contributed by atoms with van der Waals surface area (Å²) in [6.45, 7) is 9.48. The van der Waals surface area contributed by atoms with E-state index >= 15 is 0 Å². The fraction of sp³-hybridized carbons (Fsp3) is 0.261. The molecule has 3 rings (SSSR count). The van der Waals surface area contributed by atoms with E-state index in [2.05, 4.69) is 15.7 Å². The first kappa shape index (κ1) is 20.3. The van der Waals surface area contributed by atoms with Crippen LogP contribution in [-0.2, 0) is 4.79 Å². The molecule has 0 aliphatic rings. The lowest BCUT2D eigenvalue weighted by molar-refractivity contribution is -0.114. The summed E-state index contributed by atoms with van der Waals surface area (Å²) in [5.74, 6) is -0.282. The van der Waals surface area contributed by atoms with Gasteiger partial charge in [-0.3, -0.25) is 9.59 Å². The molecule has 6 heteroatoms. The molecule has 1 aromatic heterocycles. The third-order valence-corrected chi connectivity index (χ3v) is 4.68. The summed E-state index contributed by atoms with van der Waals surface area (Å²) in [6, 6.07) is 13.5. The van der Waals surface area contributed by atoms with Gasteiger partial charge in [-0.25, -0.2) is 4.68 Å². The highest BCUT2D eigenvalue weighted by Gasteiger charge is 2.21. The summed E-state index contributed by atoms with van der Waals surface area (Å²) < 4.78 is 1.82. The maximum atomic E-state index is 13.0. The number of aryl methyl sites for hydroxylation is 2. The molecular weight excluding hydrogens is 364 g/mol. The van der Waals surface area contributed by atoms with Gasteiger partial charge in [0.05, 0.1) is 23.1 Å². The van der Waals surface area contributed by atoms with Crippen LogP contribution in [0.25, 0.3) is 5.69 Å². The Morgan fingerprint density at radius 3 is 2.31 bits per heavy atom. The van der Waals surface area contributed by atoms with E-state index in [-0.39, 0.29) is 17.7 Å². The summed E-state index contributed by atoms with van der Waals surface area (Å²) in [6.07, 6.45) is 1.60. The molecule has 0 radical (unpaired) electrons. The molecule has 0 fully saturated rings. The molecule has 2 N–H and O–H groups in total. The Morgan fingerprint density at radius 2 is 1.69 bits per heavy atom. The first-order valence-electron chi connectivity index (χ1n) is 9.61. The van der Waals surface area contributed by atoms with Crippen LogP contribution in [0, 0.1) is 13.8 Å². The van der Waals surface area contributed by atoms with Crippen LogP contribution in [0.3, 0.4) is 0 Å². The molecule has 3 aromatic rings. The second-order valence-electron chi connectivity index (χ2n) is 7.51. The van der Waals surface area contributed by atoms with Crippen LogP contribution < -0.4 is 10.6 Å². The number of hydrogen-bond acceptors (Lipinski definition) is 3. The highest BCUT2D eigenvalue weighted by atomic mass is 16.2. The maximum absolute atomic E-state index is 13.0. The first-order chi connectivity index (χ1) is 13.8. The van der Waals surface area contributed by atoms with Crippen LogP contribution in [0.4, 0.5) is 11.4 Å². The van der Waals surface area contributed by atoms with Crippen molar-refractivity contribution in [2.75, 3.05) is 10.6 Å². The van der Waals surface area contributed by atoms with Gasteiger partial charge in [-0.1, -0.05) is 37.6 Å². The molecular formula is C23H26N4O2. The Morgan fingerprint density at radius 1 is 1.00 bits per heavy atom. The number of hydrogen-bond donors (Lipinski definition) is 2. The molecule has 0 aliphatic carbocycles. The highest BCUT2D eigenvalue weighted by Crippen LogP contribution is 2.25. The van der Waals surface area contributed by atoms with Crippen LogP contribution in [0.5, 0.6) is 0 Å². The van der Waals surface area contributed by atoms with E-state index in [1.165, 1.54) is 12.5 Å². The minimum Gasteiger partial charge on any atom is -0.326 e. The Balaban J connectivity index is 1.92. The molecule has 1 heterocycles. The monoisotopic (exact) mass is 390 g/mol. The van der Waals surface area contributed by atoms with Gasteiger partial charge in [0.25, 0.3) is 5.91 Å². The molecule has 0 unspecified atom stereocenters. The van der Waals surface area contributed by atoms with Crippen LogP contribution in [0.1, 0.15) is 53.9 Å². The van der Waals surface area contributed by atoms with Crippen molar-refractivity contribution in [2.45, 2.75) is 40.5 Å². The SMILES string of the molecule is CC(=O)Nc1cc(NC(=O)c2cnn(-c3ccc(C)cc3)c2C(C)C)ccc1C. The molecule has 2 aromatic carbocycles. The first-order valence-corrected chi connectivity index (χ1v) is 9.61.